The van der Waals surface area contributed by atoms with Crippen LogP contribution < -0.4 is 4.74 Å². The van der Waals surface area contributed by atoms with E-state index >= 15 is 0 Å². The van der Waals surface area contributed by atoms with Crippen molar-refractivity contribution in [1.82, 2.24) is 0 Å². The Morgan fingerprint density at radius 3 is 2.57 bits per heavy atom. The van der Waals surface area contributed by atoms with Crippen LogP contribution in [0.3, 0.4) is 0 Å². The molecule has 0 atom stereocenters. The number of carboxylic acids is 1. The summed E-state index contributed by atoms with van der Waals surface area (Å²) in [5.41, 5.74) is 0.695. The summed E-state index contributed by atoms with van der Waals surface area (Å²) in [4.78, 5) is 11.8. The summed E-state index contributed by atoms with van der Waals surface area (Å²) < 4.78 is 6.68. The molecule has 0 spiro atoms. The van der Waals surface area contributed by atoms with Crippen LogP contribution in [0.2, 0.25) is 0 Å². The van der Waals surface area contributed by atoms with E-state index in [0.717, 1.165) is 15.4 Å². The van der Waals surface area contributed by atoms with Gasteiger partial charge in [-0.05, 0) is 54.8 Å². The highest BCUT2D eigenvalue weighted by Crippen LogP contribution is 2.30. The number of rotatable bonds is 5. The van der Waals surface area contributed by atoms with Crippen molar-refractivity contribution in [2.45, 2.75) is 4.90 Å². The summed E-state index contributed by atoms with van der Waals surface area (Å²) >= 11 is 5.03. The lowest BCUT2D eigenvalue weighted by molar-refractivity contribution is -0.131. The molecule has 2 aromatic rings. The first-order valence-electron chi connectivity index (χ1n) is 6.11. The highest BCUT2D eigenvalue weighted by Gasteiger charge is 2.04. The Hall–Kier alpha value is -1.72. The first-order valence-corrected chi connectivity index (χ1v) is 8.13. The summed E-state index contributed by atoms with van der Waals surface area (Å²) in [5.74, 6) is 0.318. The van der Waals surface area contributed by atoms with E-state index in [-0.39, 0.29) is 0 Å². The highest BCUT2D eigenvalue weighted by molar-refractivity contribution is 9.10. The Morgan fingerprint density at radius 1 is 1.24 bits per heavy atom. The molecule has 0 aliphatic heterocycles. The zero-order valence-electron chi connectivity index (χ0n) is 11.2. The van der Waals surface area contributed by atoms with E-state index in [2.05, 4.69) is 15.9 Å². The van der Waals surface area contributed by atoms with Gasteiger partial charge in [0.05, 0.1) is 0 Å². The maximum absolute atomic E-state index is 10.7. The van der Waals surface area contributed by atoms with Crippen LogP contribution >= 0.6 is 27.7 Å². The van der Waals surface area contributed by atoms with Crippen molar-refractivity contribution in [2.75, 3.05) is 6.26 Å². The SMILES string of the molecule is CSc1ccc(Oc2ccc(Br)cc2/C=C/C(=O)O)cc1. The van der Waals surface area contributed by atoms with E-state index < -0.39 is 5.97 Å². The zero-order valence-corrected chi connectivity index (χ0v) is 13.6. The summed E-state index contributed by atoms with van der Waals surface area (Å²) in [7, 11) is 0. The number of carbonyl (C=O) groups is 1. The van der Waals surface area contributed by atoms with E-state index in [1.807, 2.05) is 42.7 Å². The van der Waals surface area contributed by atoms with Crippen molar-refractivity contribution in [3.05, 3.63) is 58.6 Å². The average Bonchev–Trinajstić information content (AvgIpc) is 2.48. The molecule has 108 valence electrons. The molecule has 0 fully saturated rings. The van der Waals surface area contributed by atoms with Gasteiger partial charge in [-0.1, -0.05) is 15.9 Å². The third-order valence-electron chi connectivity index (χ3n) is 2.66. The van der Waals surface area contributed by atoms with Crippen molar-refractivity contribution in [2.24, 2.45) is 0 Å². The Morgan fingerprint density at radius 2 is 1.95 bits per heavy atom. The summed E-state index contributed by atoms with van der Waals surface area (Å²) in [6.45, 7) is 0. The van der Waals surface area contributed by atoms with Gasteiger partial charge in [-0.25, -0.2) is 4.79 Å². The number of ether oxygens (including phenoxy) is 1. The van der Waals surface area contributed by atoms with Crippen LogP contribution in [0.1, 0.15) is 5.56 Å². The zero-order chi connectivity index (χ0) is 15.2. The molecule has 0 unspecified atom stereocenters. The lowest BCUT2D eigenvalue weighted by Crippen LogP contribution is -1.90. The van der Waals surface area contributed by atoms with Gasteiger partial charge in [0, 0.05) is 21.0 Å². The molecule has 3 nitrogen and oxygen atoms in total. The van der Waals surface area contributed by atoms with Crippen LogP contribution in [0.5, 0.6) is 11.5 Å². The normalized spacial score (nSPS) is 10.8. The van der Waals surface area contributed by atoms with Crippen LogP contribution in [-0.4, -0.2) is 17.3 Å². The molecule has 0 heterocycles. The molecule has 5 heteroatoms. The predicted octanol–water partition coefficient (Wildman–Crippen LogP) is 5.06. The number of benzene rings is 2. The van der Waals surface area contributed by atoms with Gasteiger partial charge in [-0.15, -0.1) is 11.8 Å². The second-order valence-electron chi connectivity index (χ2n) is 4.13. The maximum atomic E-state index is 10.7. The molecule has 0 saturated carbocycles. The first-order chi connectivity index (χ1) is 10.1. The van der Waals surface area contributed by atoms with E-state index in [0.29, 0.717) is 17.1 Å². The van der Waals surface area contributed by atoms with E-state index in [1.165, 1.54) is 6.08 Å². The first kappa shape index (κ1) is 15.7. The van der Waals surface area contributed by atoms with Crippen molar-refractivity contribution in [3.8, 4) is 11.5 Å². The molecule has 0 saturated heterocycles. The third-order valence-corrected chi connectivity index (χ3v) is 3.90. The number of thioether (sulfide) groups is 1. The van der Waals surface area contributed by atoms with Gasteiger partial charge in [0.2, 0.25) is 0 Å². The van der Waals surface area contributed by atoms with Gasteiger partial charge in [0.1, 0.15) is 11.5 Å². The number of hydrogen-bond donors (Lipinski definition) is 1. The van der Waals surface area contributed by atoms with Crippen LogP contribution in [-0.2, 0) is 4.79 Å². The second kappa shape index (κ2) is 7.33. The number of halogens is 1. The molecule has 0 amide bonds. The molecular formula is C16H13BrO3S. The Balaban J connectivity index is 2.27. The van der Waals surface area contributed by atoms with Crippen molar-refractivity contribution in [3.63, 3.8) is 0 Å². The van der Waals surface area contributed by atoms with E-state index in [9.17, 15) is 4.79 Å². The van der Waals surface area contributed by atoms with E-state index in [4.69, 9.17) is 9.84 Å². The molecule has 21 heavy (non-hydrogen) atoms. The topological polar surface area (TPSA) is 46.5 Å². The maximum Gasteiger partial charge on any atom is 0.328 e. The lowest BCUT2D eigenvalue weighted by atomic mass is 10.2. The molecule has 1 N–H and O–H groups in total. The lowest BCUT2D eigenvalue weighted by Gasteiger charge is -2.09. The van der Waals surface area contributed by atoms with Gasteiger partial charge in [0.25, 0.3) is 0 Å². The fourth-order valence-electron chi connectivity index (χ4n) is 1.67. The standard InChI is InChI=1S/C16H13BrO3S/c1-21-14-6-4-13(5-7-14)20-15-8-3-12(17)10-11(15)2-9-16(18)19/h2-10H,1H3,(H,18,19)/b9-2+. The van der Waals surface area contributed by atoms with Crippen molar-refractivity contribution in [1.29, 1.82) is 0 Å². The Labute approximate surface area is 135 Å². The Bertz CT molecular complexity index is 666. The monoisotopic (exact) mass is 364 g/mol. The predicted molar refractivity (Wildman–Crippen MR) is 89.1 cm³/mol. The fraction of sp³-hybridized carbons (Fsp3) is 0.0625. The van der Waals surface area contributed by atoms with Crippen LogP contribution in [0.25, 0.3) is 6.08 Å². The van der Waals surface area contributed by atoms with Crippen LogP contribution in [0.15, 0.2) is 57.9 Å². The van der Waals surface area contributed by atoms with Crippen molar-refractivity contribution >= 4 is 39.7 Å². The Kier molecular flexibility index (Phi) is 5.47. The molecule has 0 aliphatic carbocycles. The smallest absolute Gasteiger partial charge is 0.328 e. The van der Waals surface area contributed by atoms with Gasteiger partial charge in [-0.3, -0.25) is 0 Å². The summed E-state index contributed by atoms with van der Waals surface area (Å²) in [6.07, 6.45) is 4.61. The summed E-state index contributed by atoms with van der Waals surface area (Å²) in [6, 6.07) is 13.2. The molecule has 2 rings (SSSR count). The minimum absolute atomic E-state index is 0.604. The minimum Gasteiger partial charge on any atom is -0.478 e. The van der Waals surface area contributed by atoms with E-state index in [1.54, 1.807) is 17.8 Å². The second-order valence-corrected chi connectivity index (χ2v) is 5.93. The van der Waals surface area contributed by atoms with Gasteiger partial charge in [0.15, 0.2) is 0 Å². The molecule has 0 radical (unpaired) electrons. The minimum atomic E-state index is -0.995. The molecular weight excluding hydrogens is 352 g/mol. The van der Waals surface area contributed by atoms with Gasteiger partial charge < -0.3 is 9.84 Å². The third kappa shape index (κ3) is 4.65. The molecule has 0 bridgehead atoms. The fourth-order valence-corrected chi connectivity index (χ4v) is 2.46. The van der Waals surface area contributed by atoms with Crippen LogP contribution in [0.4, 0.5) is 0 Å². The largest absolute Gasteiger partial charge is 0.478 e. The van der Waals surface area contributed by atoms with Crippen molar-refractivity contribution < 1.29 is 14.6 Å². The highest BCUT2D eigenvalue weighted by atomic mass is 79.9. The quantitative estimate of drug-likeness (QED) is 0.594. The average molecular weight is 365 g/mol. The number of hydrogen-bond acceptors (Lipinski definition) is 3. The number of carboxylic acid groups (broad SMARTS) is 1. The van der Waals surface area contributed by atoms with Crippen LogP contribution in [0, 0.1) is 0 Å². The van der Waals surface area contributed by atoms with Gasteiger partial charge >= 0.3 is 5.97 Å². The summed E-state index contributed by atoms with van der Waals surface area (Å²) in [5, 5.41) is 8.74. The molecule has 0 aliphatic rings. The number of aliphatic carboxylic acids is 1. The molecule has 2 aromatic carbocycles. The van der Waals surface area contributed by atoms with Gasteiger partial charge in [-0.2, -0.15) is 0 Å². The molecule has 0 aromatic heterocycles.